The fraction of sp³-hybridized carbons (Fsp3) is 0.167. The van der Waals surface area contributed by atoms with E-state index in [1.807, 2.05) is 43.3 Å². The van der Waals surface area contributed by atoms with Crippen LogP contribution in [0.4, 0.5) is 0 Å². The summed E-state index contributed by atoms with van der Waals surface area (Å²) in [5.41, 5.74) is 0.900. The number of fused-ring (bicyclic) bond motifs is 2. The van der Waals surface area contributed by atoms with Crippen LogP contribution in [0, 0.1) is 0 Å². The number of benzene rings is 3. The molecule has 4 rings (SSSR count). The average Bonchev–Trinajstić information content (AvgIpc) is 2.79. The molecule has 1 N–H and O–H groups in total. The van der Waals surface area contributed by atoms with Crippen molar-refractivity contribution < 1.29 is 14.6 Å². The summed E-state index contributed by atoms with van der Waals surface area (Å²) in [7, 11) is 0. The molecule has 8 heteroatoms. The molecule has 162 valence electrons. The number of halogens is 1. The summed E-state index contributed by atoms with van der Waals surface area (Å²) >= 11 is 3.39. The lowest BCUT2D eigenvalue weighted by Crippen LogP contribution is -2.24. The minimum Gasteiger partial charge on any atom is -0.479 e. The fourth-order valence-electron chi connectivity index (χ4n) is 3.41. The predicted molar refractivity (Wildman–Crippen MR) is 128 cm³/mol. The molecule has 3 aromatic carbocycles. The van der Waals surface area contributed by atoms with E-state index in [4.69, 9.17) is 4.74 Å². The van der Waals surface area contributed by atoms with Crippen molar-refractivity contribution in [2.24, 2.45) is 5.10 Å². The Labute approximate surface area is 192 Å². The summed E-state index contributed by atoms with van der Waals surface area (Å²) in [4.78, 5) is 29.1. The number of carboxylic acid groups (broad SMARTS) is 1. The highest BCUT2D eigenvalue weighted by Crippen LogP contribution is 2.28. The van der Waals surface area contributed by atoms with E-state index in [0.717, 1.165) is 15.2 Å². The van der Waals surface area contributed by atoms with Crippen LogP contribution in [-0.4, -0.2) is 33.1 Å². The summed E-state index contributed by atoms with van der Waals surface area (Å²) in [6.45, 7) is 3.36. The number of aromatic nitrogens is 2. The molecule has 0 bridgehead atoms. The van der Waals surface area contributed by atoms with E-state index in [9.17, 15) is 14.7 Å². The number of aryl methyl sites for hydroxylation is 1. The van der Waals surface area contributed by atoms with E-state index in [-0.39, 0.29) is 5.56 Å². The van der Waals surface area contributed by atoms with Crippen molar-refractivity contribution in [3.8, 4) is 5.75 Å². The standard InChI is InChI=1S/C24H20BrN3O4/c1-3-22-27-20-10-9-16(25)12-18(20)23(29)28(22)26-13-19-17-7-5-4-6-15(17)8-11-21(19)32-14(2)24(30)31/h4-14H,3H2,1-2H3,(H,30,31)/t14-/m1/s1. The summed E-state index contributed by atoms with van der Waals surface area (Å²) in [6.07, 6.45) is 0.989. The van der Waals surface area contributed by atoms with Crippen molar-refractivity contribution in [2.75, 3.05) is 0 Å². The minimum atomic E-state index is -1.07. The van der Waals surface area contributed by atoms with Crippen molar-refractivity contribution in [3.05, 3.63) is 80.8 Å². The largest absolute Gasteiger partial charge is 0.479 e. The van der Waals surface area contributed by atoms with Crippen LogP contribution in [0.5, 0.6) is 5.75 Å². The van der Waals surface area contributed by atoms with Crippen LogP contribution >= 0.6 is 15.9 Å². The Balaban J connectivity index is 1.90. The zero-order valence-corrected chi connectivity index (χ0v) is 19.0. The second kappa shape index (κ2) is 8.92. The van der Waals surface area contributed by atoms with E-state index in [2.05, 4.69) is 26.0 Å². The molecule has 0 saturated carbocycles. The topological polar surface area (TPSA) is 93.8 Å². The maximum Gasteiger partial charge on any atom is 0.344 e. The van der Waals surface area contributed by atoms with Crippen LogP contribution in [0.1, 0.15) is 25.2 Å². The Morgan fingerprint density at radius 2 is 2.00 bits per heavy atom. The summed E-state index contributed by atoms with van der Waals surface area (Å²) in [6, 6.07) is 16.5. The highest BCUT2D eigenvalue weighted by Gasteiger charge is 2.16. The number of carbonyl (C=O) groups is 1. The monoisotopic (exact) mass is 493 g/mol. The van der Waals surface area contributed by atoms with Crippen molar-refractivity contribution in [1.82, 2.24) is 9.66 Å². The Hall–Kier alpha value is -3.52. The van der Waals surface area contributed by atoms with Crippen molar-refractivity contribution in [3.63, 3.8) is 0 Å². The zero-order valence-electron chi connectivity index (χ0n) is 17.4. The molecule has 0 unspecified atom stereocenters. The van der Waals surface area contributed by atoms with Crippen LogP contribution in [-0.2, 0) is 11.2 Å². The van der Waals surface area contributed by atoms with Crippen molar-refractivity contribution in [2.45, 2.75) is 26.4 Å². The number of hydrogen-bond donors (Lipinski definition) is 1. The molecule has 32 heavy (non-hydrogen) atoms. The van der Waals surface area contributed by atoms with Crippen LogP contribution in [0.15, 0.2) is 69.0 Å². The van der Waals surface area contributed by atoms with Gasteiger partial charge in [-0.25, -0.2) is 9.78 Å². The molecule has 0 saturated heterocycles. The molecular formula is C24H20BrN3O4. The summed E-state index contributed by atoms with van der Waals surface area (Å²) in [5, 5.41) is 15.9. The SMILES string of the molecule is CCc1nc2ccc(Br)cc2c(=O)n1N=Cc1c(O[C@H](C)C(=O)O)ccc2ccccc12. The first-order valence-corrected chi connectivity index (χ1v) is 10.8. The van der Waals surface area contributed by atoms with Gasteiger partial charge in [0, 0.05) is 16.5 Å². The van der Waals surface area contributed by atoms with Gasteiger partial charge in [-0.3, -0.25) is 4.79 Å². The van der Waals surface area contributed by atoms with Gasteiger partial charge in [0.05, 0.1) is 17.1 Å². The van der Waals surface area contributed by atoms with E-state index < -0.39 is 12.1 Å². The van der Waals surface area contributed by atoms with Gasteiger partial charge in [0.25, 0.3) is 5.56 Å². The average molecular weight is 494 g/mol. The van der Waals surface area contributed by atoms with Crippen LogP contribution < -0.4 is 10.3 Å². The lowest BCUT2D eigenvalue weighted by atomic mass is 10.0. The first kappa shape index (κ1) is 21.7. The Morgan fingerprint density at radius 3 is 2.75 bits per heavy atom. The third-order valence-corrected chi connectivity index (χ3v) is 5.57. The first-order chi connectivity index (χ1) is 15.4. The van der Waals surface area contributed by atoms with Gasteiger partial charge in [-0.05, 0) is 42.0 Å². The molecule has 0 aliphatic rings. The van der Waals surface area contributed by atoms with Gasteiger partial charge < -0.3 is 9.84 Å². The molecule has 0 radical (unpaired) electrons. The maximum absolute atomic E-state index is 13.2. The van der Waals surface area contributed by atoms with Gasteiger partial charge in [0.15, 0.2) is 6.10 Å². The van der Waals surface area contributed by atoms with E-state index in [1.165, 1.54) is 17.8 Å². The smallest absolute Gasteiger partial charge is 0.344 e. The lowest BCUT2D eigenvalue weighted by Gasteiger charge is -2.15. The fourth-order valence-corrected chi connectivity index (χ4v) is 3.77. The summed E-state index contributed by atoms with van der Waals surface area (Å²) < 4.78 is 7.73. The molecule has 0 amide bonds. The number of nitrogens with zero attached hydrogens (tertiary/aromatic N) is 3. The van der Waals surface area contributed by atoms with Crippen LogP contribution in [0.3, 0.4) is 0 Å². The van der Waals surface area contributed by atoms with E-state index in [0.29, 0.717) is 34.5 Å². The number of hydrogen-bond acceptors (Lipinski definition) is 5. The van der Waals surface area contributed by atoms with Gasteiger partial charge in [-0.2, -0.15) is 9.78 Å². The molecule has 1 aromatic heterocycles. The lowest BCUT2D eigenvalue weighted by molar-refractivity contribution is -0.144. The Kier molecular flexibility index (Phi) is 6.05. The molecule has 0 aliphatic heterocycles. The number of carboxylic acids is 1. The maximum atomic E-state index is 13.2. The number of aliphatic carboxylic acids is 1. The quantitative estimate of drug-likeness (QED) is 0.395. The highest BCUT2D eigenvalue weighted by atomic mass is 79.9. The van der Waals surface area contributed by atoms with Crippen molar-refractivity contribution in [1.29, 1.82) is 0 Å². The summed E-state index contributed by atoms with van der Waals surface area (Å²) in [5.74, 6) is -0.192. The predicted octanol–water partition coefficient (Wildman–Crippen LogP) is 4.61. The van der Waals surface area contributed by atoms with Gasteiger partial charge in [-0.1, -0.05) is 53.2 Å². The normalized spacial score (nSPS) is 12.5. The van der Waals surface area contributed by atoms with Crippen molar-refractivity contribution >= 4 is 49.8 Å². The zero-order chi connectivity index (χ0) is 22.8. The molecule has 0 fully saturated rings. The highest BCUT2D eigenvalue weighted by molar-refractivity contribution is 9.10. The van der Waals surface area contributed by atoms with E-state index >= 15 is 0 Å². The molecule has 1 atom stereocenters. The molecular weight excluding hydrogens is 474 g/mol. The molecule has 0 aliphatic carbocycles. The third kappa shape index (κ3) is 4.13. The Bertz CT molecular complexity index is 1430. The van der Waals surface area contributed by atoms with Crippen LogP contribution in [0.25, 0.3) is 21.7 Å². The van der Waals surface area contributed by atoms with Gasteiger partial charge in [0.2, 0.25) is 0 Å². The van der Waals surface area contributed by atoms with Gasteiger partial charge in [-0.15, -0.1) is 0 Å². The van der Waals surface area contributed by atoms with E-state index in [1.54, 1.807) is 18.2 Å². The number of rotatable bonds is 6. The molecule has 4 aromatic rings. The molecule has 0 spiro atoms. The van der Waals surface area contributed by atoms with Gasteiger partial charge >= 0.3 is 5.97 Å². The Morgan fingerprint density at radius 1 is 1.22 bits per heavy atom. The number of ether oxygens (including phenoxy) is 1. The second-order valence-corrected chi connectivity index (χ2v) is 8.12. The first-order valence-electron chi connectivity index (χ1n) is 10.1. The molecule has 7 nitrogen and oxygen atoms in total. The minimum absolute atomic E-state index is 0.286. The van der Waals surface area contributed by atoms with Crippen LogP contribution in [0.2, 0.25) is 0 Å². The van der Waals surface area contributed by atoms with Gasteiger partial charge in [0.1, 0.15) is 11.6 Å². The third-order valence-electron chi connectivity index (χ3n) is 5.08. The molecule has 1 heterocycles. The second-order valence-electron chi connectivity index (χ2n) is 7.20.